The summed E-state index contributed by atoms with van der Waals surface area (Å²) in [5, 5.41) is 7.12. The Morgan fingerprint density at radius 2 is 1.73 bits per heavy atom. The van der Waals surface area contributed by atoms with Crippen LogP contribution in [0.3, 0.4) is 0 Å². The van der Waals surface area contributed by atoms with Crippen molar-refractivity contribution >= 4 is 38.4 Å². The van der Waals surface area contributed by atoms with Crippen molar-refractivity contribution in [3.8, 4) is 0 Å². The van der Waals surface area contributed by atoms with Crippen molar-refractivity contribution in [2.75, 3.05) is 36.0 Å². The van der Waals surface area contributed by atoms with E-state index in [1.807, 2.05) is 59.3 Å². The molecule has 37 heavy (non-hydrogen) atoms. The molecule has 3 aromatic rings. The molecule has 3 heterocycles. The van der Waals surface area contributed by atoms with Gasteiger partial charge in [-0.2, -0.15) is 13.2 Å². The number of hydrogen-bond donors (Lipinski definition) is 1. The molecule has 13 heteroatoms. The minimum atomic E-state index is -5.08. The first kappa shape index (κ1) is 26.5. The lowest BCUT2D eigenvalue weighted by molar-refractivity contribution is -0.192. The van der Waals surface area contributed by atoms with Gasteiger partial charge in [0.15, 0.2) is 9.84 Å². The molecule has 0 radical (unpaired) electrons. The van der Waals surface area contributed by atoms with Crippen molar-refractivity contribution in [3.05, 3.63) is 59.4 Å². The number of halogens is 3. The minimum Gasteiger partial charge on any atom is -0.475 e. The topological polar surface area (TPSA) is 113 Å². The summed E-state index contributed by atoms with van der Waals surface area (Å²) in [6.07, 6.45) is -4.40. The minimum absolute atomic E-state index is 0.0211. The number of aromatic nitrogens is 2. The number of nitrogens with zero attached hydrogens (tertiary/aromatic N) is 4. The molecule has 1 amide bonds. The monoisotopic (exact) mass is 538 g/mol. The number of carbonyl (C=O) groups is 2. The van der Waals surface area contributed by atoms with E-state index in [0.717, 1.165) is 33.7 Å². The molecule has 1 N–H and O–H groups in total. The zero-order valence-corrected chi connectivity index (χ0v) is 20.7. The molecular weight excluding hydrogens is 513 g/mol. The molecule has 1 aromatic heterocycles. The fraction of sp³-hybridized carbons (Fsp3) is 0.375. The number of rotatable bonds is 4. The molecule has 9 nitrogen and oxygen atoms in total. The number of sulfone groups is 1. The number of aliphatic carboxylic acids is 1. The third-order valence-corrected chi connectivity index (χ3v) is 8.01. The van der Waals surface area contributed by atoms with E-state index in [0.29, 0.717) is 32.6 Å². The van der Waals surface area contributed by atoms with Gasteiger partial charge >= 0.3 is 12.1 Å². The number of hydrogen-bond acceptors (Lipinski definition) is 6. The van der Waals surface area contributed by atoms with Crippen LogP contribution < -0.4 is 4.90 Å². The third kappa shape index (κ3) is 5.71. The lowest BCUT2D eigenvalue weighted by Gasteiger charge is -2.30. The van der Waals surface area contributed by atoms with Crippen LogP contribution in [-0.2, 0) is 34.6 Å². The highest BCUT2D eigenvalue weighted by Crippen LogP contribution is 2.32. The molecule has 0 aliphatic carbocycles. The van der Waals surface area contributed by atoms with Gasteiger partial charge in [0.2, 0.25) is 0 Å². The van der Waals surface area contributed by atoms with Crippen LogP contribution in [0.15, 0.2) is 42.5 Å². The van der Waals surface area contributed by atoms with E-state index in [-0.39, 0.29) is 17.4 Å². The number of amides is 1. The van der Waals surface area contributed by atoms with E-state index in [1.54, 1.807) is 0 Å². The molecule has 1 saturated heterocycles. The van der Waals surface area contributed by atoms with Gasteiger partial charge in [-0.3, -0.25) is 4.79 Å². The van der Waals surface area contributed by atoms with E-state index >= 15 is 0 Å². The number of carboxylic acid groups (broad SMARTS) is 1. The normalized spacial score (nSPS) is 16.9. The van der Waals surface area contributed by atoms with Crippen LogP contribution >= 0.6 is 0 Å². The van der Waals surface area contributed by atoms with Crippen molar-refractivity contribution in [3.63, 3.8) is 0 Å². The molecule has 2 aromatic carbocycles. The second-order valence-electron chi connectivity index (χ2n) is 8.81. The van der Waals surface area contributed by atoms with Crippen LogP contribution in [0, 0.1) is 0 Å². The van der Waals surface area contributed by atoms with Gasteiger partial charge in [-0.1, -0.05) is 24.3 Å². The quantitative estimate of drug-likeness (QED) is 0.544. The summed E-state index contributed by atoms with van der Waals surface area (Å²) in [7, 11) is -0.955. The molecule has 2 aliphatic rings. The fourth-order valence-electron chi connectivity index (χ4n) is 4.45. The number of carboxylic acids is 1. The van der Waals surface area contributed by atoms with Gasteiger partial charge in [0.25, 0.3) is 5.91 Å². The average Bonchev–Trinajstić information content (AvgIpc) is 3.34. The SMILES string of the molecule is Cn1c(CCN2Cc3cccc(N4CCS(=O)(=O)CC4)c3C2=O)nc2ccccc21.O=C(O)C(F)(F)F. The van der Waals surface area contributed by atoms with Crippen molar-refractivity contribution < 1.29 is 36.3 Å². The first-order valence-corrected chi connectivity index (χ1v) is 13.3. The van der Waals surface area contributed by atoms with Crippen LogP contribution in [0.5, 0.6) is 0 Å². The number of fused-ring (bicyclic) bond motifs is 2. The smallest absolute Gasteiger partial charge is 0.475 e. The maximum atomic E-state index is 13.2. The summed E-state index contributed by atoms with van der Waals surface area (Å²) >= 11 is 0. The number of alkyl halides is 3. The zero-order chi connectivity index (χ0) is 27.0. The summed E-state index contributed by atoms with van der Waals surface area (Å²) < 4.78 is 57.4. The van der Waals surface area contributed by atoms with Crippen LogP contribution in [0.4, 0.5) is 18.9 Å². The highest BCUT2D eigenvalue weighted by molar-refractivity contribution is 7.91. The molecule has 1 fully saturated rings. The summed E-state index contributed by atoms with van der Waals surface area (Å²) in [6.45, 7) is 2.05. The largest absolute Gasteiger partial charge is 0.490 e. The van der Waals surface area contributed by atoms with Gasteiger partial charge in [0, 0.05) is 45.3 Å². The van der Waals surface area contributed by atoms with Crippen molar-refractivity contribution in [2.45, 2.75) is 19.1 Å². The maximum Gasteiger partial charge on any atom is 0.490 e. The average molecular weight is 539 g/mol. The Morgan fingerprint density at radius 1 is 1.08 bits per heavy atom. The second-order valence-corrected chi connectivity index (χ2v) is 11.1. The van der Waals surface area contributed by atoms with E-state index in [2.05, 4.69) is 4.57 Å². The fourth-order valence-corrected chi connectivity index (χ4v) is 5.65. The van der Waals surface area contributed by atoms with Gasteiger partial charge < -0.3 is 19.5 Å². The standard InChI is InChI=1S/C22H24N4O3S.C2HF3O2/c1-24-18-7-3-2-6-17(18)23-20(24)9-10-26-15-16-5-4-8-19(21(16)22(26)27)25-11-13-30(28,29)14-12-25;3-2(4,5)1(6)7/h2-8H,9-15H2,1H3;(H,6,7). The Labute approximate surface area is 211 Å². The molecule has 0 saturated carbocycles. The Balaban J connectivity index is 0.000000405. The Bertz CT molecular complexity index is 1440. The number of imidazole rings is 1. The van der Waals surface area contributed by atoms with Crippen molar-refractivity contribution in [1.82, 2.24) is 14.5 Å². The number of benzene rings is 2. The lowest BCUT2D eigenvalue weighted by Crippen LogP contribution is -2.41. The molecule has 0 bridgehead atoms. The second kappa shape index (κ2) is 10.0. The first-order valence-electron chi connectivity index (χ1n) is 11.4. The van der Waals surface area contributed by atoms with Crippen LogP contribution in [0.1, 0.15) is 21.7 Å². The number of carbonyl (C=O) groups excluding carboxylic acids is 1. The molecule has 5 rings (SSSR count). The molecule has 0 atom stereocenters. The van der Waals surface area contributed by atoms with Crippen LogP contribution in [0.2, 0.25) is 0 Å². The number of aryl methyl sites for hydroxylation is 1. The number of para-hydroxylation sites is 2. The van der Waals surface area contributed by atoms with E-state index in [4.69, 9.17) is 14.9 Å². The highest BCUT2D eigenvalue weighted by Gasteiger charge is 2.38. The van der Waals surface area contributed by atoms with Gasteiger partial charge in [0.05, 0.1) is 28.1 Å². The first-order chi connectivity index (χ1) is 17.4. The lowest BCUT2D eigenvalue weighted by atomic mass is 10.1. The Kier molecular flexibility index (Phi) is 7.18. The molecule has 198 valence electrons. The predicted molar refractivity (Wildman–Crippen MR) is 130 cm³/mol. The molecule has 0 unspecified atom stereocenters. The molecular formula is C24H25F3N4O5S. The van der Waals surface area contributed by atoms with Crippen molar-refractivity contribution in [2.24, 2.45) is 7.05 Å². The van der Waals surface area contributed by atoms with Crippen molar-refractivity contribution in [1.29, 1.82) is 0 Å². The summed E-state index contributed by atoms with van der Waals surface area (Å²) in [6, 6.07) is 13.9. The summed E-state index contributed by atoms with van der Waals surface area (Å²) in [5.41, 5.74) is 4.65. The molecule has 0 spiro atoms. The van der Waals surface area contributed by atoms with Gasteiger partial charge in [-0.25, -0.2) is 18.2 Å². The van der Waals surface area contributed by atoms with Gasteiger partial charge in [0.1, 0.15) is 5.82 Å². The Hall–Kier alpha value is -3.61. The molecule has 2 aliphatic heterocycles. The summed E-state index contributed by atoms with van der Waals surface area (Å²) in [5.74, 6) is -1.50. The van der Waals surface area contributed by atoms with Crippen LogP contribution in [0.25, 0.3) is 11.0 Å². The maximum absolute atomic E-state index is 13.2. The van der Waals surface area contributed by atoms with Crippen LogP contribution in [-0.4, -0.2) is 77.2 Å². The van der Waals surface area contributed by atoms with Gasteiger partial charge in [-0.15, -0.1) is 0 Å². The Morgan fingerprint density at radius 3 is 2.35 bits per heavy atom. The van der Waals surface area contributed by atoms with E-state index < -0.39 is 22.0 Å². The van der Waals surface area contributed by atoms with E-state index in [1.165, 1.54) is 0 Å². The highest BCUT2D eigenvalue weighted by atomic mass is 32.2. The number of anilines is 1. The zero-order valence-electron chi connectivity index (χ0n) is 19.9. The summed E-state index contributed by atoms with van der Waals surface area (Å²) in [4.78, 5) is 30.7. The third-order valence-electron chi connectivity index (χ3n) is 6.40. The van der Waals surface area contributed by atoms with Gasteiger partial charge in [-0.05, 0) is 23.8 Å². The predicted octanol–water partition coefficient (Wildman–Crippen LogP) is 2.64. The van der Waals surface area contributed by atoms with E-state index in [9.17, 15) is 26.4 Å².